The molecule has 152 valence electrons. The summed E-state index contributed by atoms with van der Waals surface area (Å²) < 4.78 is 16.5. The maximum Gasteiger partial charge on any atom is 0.251 e. The Balaban J connectivity index is 1.67. The zero-order valence-corrected chi connectivity index (χ0v) is 17.3. The van der Waals surface area contributed by atoms with Crippen LogP contribution in [0.25, 0.3) is 0 Å². The summed E-state index contributed by atoms with van der Waals surface area (Å²) in [6.07, 6.45) is 0.914. The maximum atomic E-state index is 12.7. The number of methoxy groups -OCH3 is 1. The first-order valence-electron chi connectivity index (χ1n) is 9.67. The topological polar surface area (TPSA) is 60.0 Å². The van der Waals surface area contributed by atoms with Gasteiger partial charge in [0.25, 0.3) is 5.91 Å². The number of rotatable bonds is 9. The minimum absolute atomic E-state index is 0.116. The van der Waals surface area contributed by atoms with Crippen molar-refractivity contribution in [3.63, 3.8) is 0 Å². The van der Waals surface area contributed by atoms with Crippen molar-refractivity contribution >= 4 is 17.2 Å². The largest absolute Gasteiger partial charge is 0.493 e. The van der Waals surface area contributed by atoms with Gasteiger partial charge in [-0.25, -0.2) is 0 Å². The minimum Gasteiger partial charge on any atom is -0.493 e. The first kappa shape index (κ1) is 20.6. The molecule has 0 saturated carbocycles. The van der Waals surface area contributed by atoms with Gasteiger partial charge in [0.2, 0.25) is 0 Å². The molecule has 1 saturated heterocycles. The molecule has 0 aliphatic carbocycles. The molecule has 0 radical (unpaired) electrons. The van der Waals surface area contributed by atoms with Crippen molar-refractivity contribution < 1.29 is 19.0 Å². The van der Waals surface area contributed by atoms with Gasteiger partial charge in [0.15, 0.2) is 11.5 Å². The number of ether oxygens (including phenoxy) is 3. The summed E-state index contributed by atoms with van der Waals surface area (Å²) in [5.41, 5.74) is 0.563. The fourth-order valence-corrected chi connectivity index (χ4v) is 4.07. The van der Waals surface area contributed by atoms with Crippen LogP contribution in [0.3, 0.4) is 0 Å². The van der Waals surface area contributed by atoms with Crippen LogP contribution in [0.15, 0.2) is 35.7 Å². The smallest absolute Gasteiger partial charge is 0.251 e. The molecule has 6 nitrogen and oxygen atoms in total. The van der Waals surface area contributed by atoms with E-state index in [9.17, 15) is 4.79 Å². The number of morpholine rings is 1. The zero-order valence-electron chi connectivity index (χ0n) is 16.5. The Morgan fingerprint density at radius 2 is 2.11 bits per heavy atom. The summed E-state index contributed by atoms with van der Waals surface area (Å²) in [5, 5.41) is 5.16. The Hall–Kier alpha value is -2.09. The number of amides is 1. The molecular formula is C21H28N2O4S. The van der Waals surface area contributed by atoms with Gasteiger partial charge in [-0.3, -0.25) is 9.69 Å². The quantitative estimate of drug-likeness (QED) is 0.695. The predicted octanol–water partition coefficient (Wildman–Crippen LogP) is 3.35. The SMILES string of the molecule is CCCOc1ccc(C(=O)NC[C@@H](c2cccs2)N2CCOCC2)cc1OC. The highest BCUT2D eigenvalue weighted by Gasteiger charge is 2.24. The lowest BCUT2D eigenvalue weighted by atomic mass is 10.1. The fourth-order valence-electron chi connectivity index (χ4n) is 3.21. The van der Waals surface area contributed by atoms with Gasteiger partial charge in [-0.1, -0.05) is 13.0 Å². The molecule has 0 unspecified atom stereocenters. The molecular weight excluding hydrogens is 376 g/mol. The second-order valence-corrected chi connectivity index (χ2v) is 7.58. The third kappa shape index (κ3) is 5.25. The van der Waals surface area contributed by atoms with E-state index in [-0.39, 0.29) is 11.9 Å². The number of carbonyl (C=O) groups excluding carboxylic acids is 1. The van der Waals surface area contributed by atoms with Gasteiger partial charge in [-0.05, 0) is 36.1 Å². The van der Waals surface area contributed by atoms with Gasteiger partial charge in [0.1, 0.15) is 0 Å². The lowest BCUT2D eigenvalue weighted by Crippen LogP contribution is -2.43. The molecule has 1 aromatic heterocycles. The summed E-state index contributed by atoms with van der Waals surface area (Å²) in [6.45, 7) is 6.41. The molecule has 1 aliphatic rings. The normalized spacial score (nSPS) is 15.8. The number of benzene rings is 1. The molecule has 1 N–H and O–H groups in total. The monoisotopic (exact) mass is 404 g/mol. The van der Waals surface area contributed by atoms with Crippen LogP contribution in [0.4, 0.5) is 0 Å². The van der Waals surface area contributed by atoms with Gasteiger partial charge >= 0.3 is 0 Å². The third-order valence-electron chi connectivity index (χ3n) is 4.70. The Labute approximate surface area is 170 Å². The van der Waals surface area contributed by atoms with Crippen LogP contribution in [0.5, 0.6) is 11.5 Å². The lowest BCUT2D eigenvalue weighted by molar-refractivity contribution is 0.0169. The van der Waals surface area contributed by atoms with Crippen molar-refractivity contribution in [3.05, 3.63) is 46.2 Å². The molecule has 1 amide bonds. The second kappa shape index (κ2) is 10.5. The van der Waals surface area contributed by atoms with Crippen molar-refractivity contribution in [3.8, 4) is 11.5 Å². The highest BCUT2D eigenvalue weighted by molar-refractivity contribution is 7.10. The van der Waals surface area contributed by atoms with E-state index in [1.807, 2.05) is 6.92 Å². The van der Waals surface area contributed by atoms with Crippen LogP contribution in [0.1, 0.15) is 34.6 Å². The molecule has 1 aromatic carbocycles. The highest BCUT2D eigenvalue weighted by atomic mass is 32.1. The Bertz CT molecular complexity index is 745. The average Bonchev–Trinajstić information content (AvgIpc) is 3.27. The number of carbonyl (C=O) groups is 1. The number of nitrogens with zero attached hydrogens (tertiary/aromatic N) is 1. The molecule has 2 heterocycles. The van der Waals surface area contributed by atoms with Crippen molar-refractivity contribution in [2.75, 3.05) is 46.6 Å². The van der Waals surface area contributed by atoms with Crippen molar-refractivity contribution in [1.82, 2.24) is 10.2 Å². The van der Waals surface area contributed by atoms with Crippen LogP contribution >= 0.6 is 11.3 Å². The van der Waals surface area contributed by atoms with E-state index in [1.54, 1.807) is 36.6 Å². The van der Waals surface area contributed by atoms with Gasteiger partial charge in [-0.2, -0.15) is 0 Å². The molecule has 1 fully saturated rings. The molecule has 1 atom stereocenters. The highest BCUT2D eigenvalue weighted by Crippen LogP contribution is 2.29. The van der Waals surface area contributed by atoms with Crippen molar-refractivity contribution in [2.24, 2.45) is 0 Å². The first-order valence-corrected chi connectivity index (χ1v) is 10.5. The lowest BCUT2D eigenvalue weighted by Gasteiger charge is -2.34. The van der Waals surface area contributed by atoms with E-state index < -0.39 is 0 Å². The van der Waals surface area contributed by atoms with Crippen LogP contribution in [-0.4, -0.2) is 57.4 Å². The number of hydrogen-bond donors (Lipinski definition) is 1. The van der Waals surface area contributed by atoms with E-state index in [1.165, 1.54) is 4.88 Å². The molecule has 0 bridgehead atoms. The van der Waals surface area contributed by atoms with E-state index in [0.29, 0.717) is 30.2 Å². The van der Waals surface area contributed by atoms with Gasteiger partial charge < -0.3 is 19.5 Å². The molecule has 7 heteroatoms. The van der Waals surface area contributed by atoms with Crippen LogP contribution < -0.4 is 14.8 Å². The van der Waals surface area contributed by atoms with Gasteiger partial charge in [0.05, 0.1) is 33.0 Å². The summed E-state index contributed by atoms with van der Waals surface area (Å²) in [5.74, 6) is 1.12. The van der Waals surface area contributed by atoms with E-state index in [2.05, 4.69) is 27.7 Å². The van der Waals surface area contributed by atoms with Gasteiger partial charge in [-0.15, -0.1) is 11.3 Å². The summed E-state index contributed by atoms with van der Waals surface area (Å²) in [6, 6.07) is 9.63. The van der Waals surface area contributed by atoms with E-state index >= 15 is 0 Å². The Morgan fingerprint density at radius 3 is 2.79 bits per heavy atom. The summed E-state index contributed by atoms with van der Waals surface area (Å²) in [4.78, 5) is 16.4. The third-order valence-corrected chi connectivity index (χ3v) is 5.68. The predicted molar refractivity (Wildman–Crippen MR) is 111 cm³/mol. The molecule has 1 aliphatic heterocycles. The summed E-state index contributed by atoms with van der Waals surface area (Å²) >= 11 is 1.72. The second-order valence-electron chi connectivity index (χ2n) is 6.60. The average molecular weight is 405 g/mol. The minimum atomic E-state index is -0.116. The molecule has 0 spiro atoms. The number of thiophene rings is 1. The molecule has 28 heavy (non-hydrogen) atoms. The molecule has 2 aromatic rings. The van der Waals surface area contributed by atoms with Crippen LogP contribution in [-0.2, 0) is 4.74 Å². The van der Waals surface area contributed by atoms with Crippen molar-refractivity contribution in [2.45, 2.75) is 19.4 Å². The van der Waals surface area contributed by atoms with Crippen LogP contribution in [0, 0.1) is 0 Å². The van der Waals surface area contributed by atoms with Crippen LogP contribution in [0.2, 0.25) is 0 Å². The zero-order chi connectivity index (χ0) is 19.8. The fraction of sp³-hybridized carbons (Fsp3) is 0.476. The van der Waals surface area contributed by atoms with E-state index in [0.717, 1.165) is 32.7 Å². The first-order chi connectivity index (χ1) is 13.7. The van der Waals surface area contributed by atoms with Gasteiger partial charge in [0, 0.05) is 30.1 Å². The van der Waals surface area contributed by atoms with Crippen molar-refractivity contribution in [1.29, 1.82) is 0 Å². The maximum absolute atomic E-state index is 12.7. The Kier molecular flexibility index (Phi) is 7.71. The Morgan fingerprint density at radius 1 is 1.29 bits per heavy atom. The standard InChI is InChI=1S/C21H28N2O4S/c1-3-10-27-18-7-6-16(14-19(18)25-2)21(24)22-15-17(20-5-4-13-28-20)23-8-11-26-12-9-23/h4-7,13-14,17H,3,8-12,15H2,1-2H3,(H,22,24)/t17-/m0/s1. The van der Waals surface area contributed by atoms with E-state index in [4.69, 9.17) is 14.2 Å². The molecule has 3 rings (SSSR count). The number of nitrogens with one attached hydrogen (secondary N) is 1. The summed E-state index contributed by atoms with van der Waals surface area (Å²) in [7, 11) is 1.58. The number of hydrogen-bond acceptors (Lipinski definition) is 6.